The van der Waals surface area contributed by atoms with Gasteiger partial charge in [-0.25, -0.2) is 4.68 Å². The highest BCUT2D eigenvalue weighted by Gasteiger charge is 2.29. The van der Waals surface area contributed by atoms with Gasteiger partial charge < -0.3 is 9.47 Å². The fourth-order valence-electron chi connectivity index (χ4n) is 2.48. The Hall–Kier alpha value is -2.09. The van der Waals surface area contributed by atoms with Crippen LogP contribution in [-0.4, -0.2) is 34.4 Å². The van der Waals surface area contributed by atoms with E-state index < -0.39 is 0 Å². The Morgan fingerprint density at radius 2 is 2.32 bits per heavy atom. The molecule has 0 saturated carbocycles. The number of aromatic nitrogens is 3. The maximum Gasteiger partial charge on any atom is 0.229 e. The van der Waals surface area contributed by atoms with E-state index in [1.165, 1.54) is 6.33 Å². The number of hydrogen-bond acceptors (Lipinski definition) is 5. The summed E-state index contributed by atoms with van der Waals surface area (Å²) < 4.78 is 13.5. The molecule has 0 spiro atoms. The first-order chi connectivity index (χ1) is 10.6. The maximum atomic E-state index is 11.9. The Bertz CT molecular complexity index is 716. The Labute approximate surface area is 135 Å². The van der Waals surface area contributed by atoms with Gasteiger partial charge in [-0.3, -0.25) is 10.1 Å². The summed E-state index contributed by atoms with van der Waals surface area (Å²) in [5, 5.41) is 6.89. The number of benzene rings is 1. The van der Waals surface area contributed by atoms with Gasteiger partial charge in [0.15, 0.2) is 11.5 Å². The quantitative estimate of drug-likeness (QED) is 0.898. The van der Waals surface area contributed by atoms with Gasteiger partial charge in [-0.1, -0.05) is 0 Å². The van der Waals surface area contributed by atoms with Crippen molar-refractivity contribution in [1.82, 2.24) is 14.8 Å². The number of rotatable bonds is 4. The van der Waals surface area contributed by atoms with Gasteiger partial charge in [-0.05, 0) is 40.5 Å². The zero-order chi connectivity index (χ0) is 15.7. The van der Waals surface area contributed by atoms with E-state index in [1.807, 2.05) is 19.1 Å². The third kappa shape index (κ3) is 2.54. The van der Waals surface area contributed by atoms with Crippen LogP contribution < -0.4 is 14.8 Å². The van der Waals surface area contributed by atoms with E-state index in [2.05, 4.69) is 31.3 Å². The summed E-state index contributed by atoms with van der Waals surface area (Å²) in [5.41, 5.74) is 0.897. The number of hydrogen-bond donors (Lipinski definition) is 1. The van der Waals surface area contributed by atoms with Gasteiger partial charge in [0.25, 0.3) is 0 Å². The first-order valence-electron chi connectivity index (χ1n) is 6.83. The van der Waals surface area contributed by atoms with E-state index in [0.717, 1.165) is 10.0 Å². The summed E-state index contributed by atoms with van der Waals surface area (Å²) in [6.07, 6.45) is 1.72. The van der Waals surface area contributed by atoms with Gasteiger partial charge in [0, 0.05) is 0 Å². The van der Waals surface area contributed by atoms with Crippen molar-refractivity contribution in [2.24, 2.45) is 0 Å². The summed E-state index contributed by atoms with van der Waals surface area (Å²) in [6.45, 7) is 2.44. The first-order valence-corrected chi connectivity index (χ1v) is 7.63. The molecule has 0 unspecified atom stereocenters. The number of nitrogens with zero attached hydrogens (tertiary/aromatic N) is 3. The van der Waals surface area contributed by atoms with Crippen molar-refractivity contribution in [1.29, 1.82) is 0 Å². The minimum absolute atomic E-state index is 0.0884. The normalized spacial score (nSPS) is 16.9. The number of halogens is 1. The number of ether oxygens (including phenoxy) is 2. The molecule has 1 aromatic carbocycles. The lowest BCUT2D eigenvalue weighted by atomic mass is 10.0. The van der Waals surface area contributed by atoms with Crippen molar-refractivity contribution in [3.05, 3.63) is 28.5 Å². The largest absolute Gasteiger partial charge is 0.493 e. The molecule has 1 atom stereocenters. The number of carbonyl (C=O) groups is 1. The summed E-state index contributed by atoms with van der Waals surface area (Å²) >= 11 is 3.50. The first kappa shape index (κ1) is 14.8. The van der Waals surface area contributed by atoms with E-state index in [1.54, 1.807) is 11.8 Å². The van der Waals surface area contributed by atoms with Crippen molar-refractivity contribution in [3.8, 4) is 11.5 Å². The van der Waals surface area contributed by atoms with Gasteiger partial charge in [-0.2, -0.15) is 10.1 Å². The molecule has 1 aromatic heterocycles. The van der Waals surface area contributed by atoms with Gasteiger partial charge in [0.2, 0.25) is 11.9 Å². The third-order valence-electron chi connectivity index (χ3n) is 3.42. The van der Waals surface area contributed by atoms with Crippen LogP contribution in [0.4, 0.5) is 5.95 Å². The second kappa shape index (κ2) is 5.96. The second-order valence-electron chi connectivity index (χ2n) is 4.76. The third-order valence-corrected chi connectivity index (χ3v) is 4.01. The highest BCUT2D eigenvalue weighted by atomic mass is 79.9. The molecule has 116 valence electrons. The van der Waals surface area contributed by atoms with E-state index >= 15 is 0 Å². The van der Waals surface area contributed by atoms with Crippen LogP contribution in [0, 0.1) is 0 Å². The molecule has 0 aliphatic carbocycles. The van der Waals surface area contributed by atoms with Crippen molar-refractivity contribution in [2.45, 2.75) is 19.4 Å². The Kier molecular flexibility index (Phi) is 4.02. The number of nitrogens with one attached hydrogen (secondary N) is 1. The van der Waals surface area contributed by atoms with Crippen molar-refractivity contribution in [2.75, 3.05) is 19.0 Å². The second-order valence-corrected chi connectivity index (χ2v) is 5.62. The highest BCUT2D eigenvalue weighted by molar-refractivity contribution is 9.10. The number of methoxy groups -OCH3 is 1. The number of amides is 1. The molecular formula is C14H15BrN4O3. The fourth-order valence-corrected chi connectivity index (χ4v) is 3.06. The molecule has 1 N–H and O–H groups in total. The molecule has 0 saturated heterocycles. The molecule has 1 aliphatic heterocycles. The molecule has 0 fully saturated rings. The number of carbonyl (C=O) groups excluding carboxylic acids is 1. The molecule has 7 nitrogen and oxygen atoms in total. The molecule has 0 radical (unpaired) electrons. The van der Waals surface area contributed by atoms with Crippen LogP contribution in [0.5, 0.6) is 11.5 Å². The summed E-state index contributed by atoms with van der Waals surface area (Å²) in [6, 6.07) is 3.55. The monoisotopic (exact) mass is 366 g/mol. The van der Waals surface area contributed by atoms with Gasteiger partial charge in [-0.15, -0.1) is 0 Å². The van der Waals surface area contributed by atoms with Crippen molar-refractivity contribution >= 4 is 27.8 Å². The Morgan fingerprint density at radius 1 is 1.50 bits per heavy atom. The summed E-state index contributed by atoms with van der Waals surface area (Å²) in [7, 11) is 1.59. The lowest BCUT2D eigenvalue weighted by molar-refractivity contribution is -0.117. The van der Waals surface area contributed by atoms with Crippen LogP contribution in [0.2, 0.25) is 0 Å². The lowest BCUT2D eigenvalue weighted by Gasteiger charge is -2.24. The van der Waals surface area contributed by atoms with Crippen LogP contribution in [0.25, 0.3) is 0 Å². The van der Waals surface area contributed by atoms with E-state index in [0.29, 0.717) is 30.5 Å². The van der Waals surface area contributed by atoms with Crippen LogP contribution >= 0.6 is 15.9 Å². The maximum absolute atomic E-state index is 11.9. The van der Waals surface area contributed by atoms with Crippen LogP contribution in [-0.2, 0) is 4.79 Å². The number of anilines is 1. The fraction of sp³-hybridized carbons (Fsp3) is 0.357. The SMILES string of the molecule is CCOc1c(Br)cc([C@H]2CC(=O)Nc3ncnn32)cc1OC. The molecule has 1 aliphatic rings. The molecule has 3 rings (SSSR count). The van der Waals surface area contributed by atoms with Crippen molar-refractivity contribution in [3.63, 3.8) is 0 Å². The molecule has 1 amide bonds. The molecule has 2 aromatic rings. The molecule has 2 heterocycles. The molecule has 8 heteroatoms. The zero-order valence-electron chi connectivity index (χ0n) is 12.2. The van der Waals surface area contributed by atoms with Crippen LogP contribution in [0.1, 0.15) is 24.9 Å². The standard InChI is InChI=1S/C14H15BrN4O3/c1-3-22-13-9(15)4-8(5-11(13)21-2)10-6-12(20)18-14-16-7-17-19(10)14/h4-5,7,10H,3,6H2,1-2H3,(H,16,17,18,20)/t10-/m1/s1. The van der Waals surface area contributed by atoms with Gasteiger partial charge >= 0.3 is 0 Å². The number of fused-ring (bicyclic) bond motifs is 1. The Balaban J connectivity index is 2.06. The Morgan fingerprint density at radius 3 is 3.05 bits per heavy atom. The predicted octanol–water partition coefficient (Wildman–Crippen LogP) is 2.38. The van der Waals surface area contributed by atoms with Gasteiger partial charge in [0.05, 0.1) is 30.7 Å². The average molecular weight is 367 g/mol. The average Bonchev–Trinajstić information content (AvgIpc) is 2.96. The van der Waals surface area contributed by atoms with E-state index in [4.69, 9.17) is 9.47 Å². The predicted molar refractivity (Wildman–Crippen MR) is 83.3 cm³/mol. The lowest BCUT2D eigenvalue weighted by Crippen LogP contribution is -2.29. The van der Waals surface area contributed by atoms with E-state index in [-0.39, 0.29) is 11.9 Å². The summed E-state index contributed by atoms with van der Waals surface area (Å²) in [5.74, 6) is 1.62. The smallest absolute Gasteiger partial charge is 0.229 e. The molecule has 0 bridgehead atoms. The molecule has 22 heavy (non-hydrogen) atoms. The minimum Gasteiger partial charge on any atom is -0.493 e. The van der Waals surface area contributed by atoms with E-state index in [9.17, 15) is 4.79 Å². The molecular weight excluding hydrogens is 352 g/mol. The summed E-state index contributed by atoms with van der Waals surface area (Å²) in [4.78, 5) is 15.9. The van der Waals surface area contributed by atoms with Gasteiger partial charge in [0.1, 0.15) is 6.33 Å². The zero-order valence-corrected chi connectivity index (χ0v) is 13.8. The van der Waals surface area contributed by atoms with Crippen molar-refractivity contribution < 1.29 is 14.3 Å². The highest BCUT2D eigenvalue weighted by Crippen LogP contribution is 2.40. The van der Waals surface area contributed by atoms with Crippen LogP contribution in [0.3, 0.4) is 0 Å². The van der Waals surface area contributed by atoms with Crippen LogP contribution in [0.15, 0.2) is 22.9 Å². The minimum atomic E-state index is -0.230. The topological polar surface area (TPSA) is 78.3 Å².